The van der Waals surface area contributed by atoms with E-state index in [1.807, 2.05) is 0 Å². The third-order valence-corrected chi connectivity index (χ3v) is 5.60. The Kier molecular flexibility index (Phi) is 13.3. The van der Waals surface area contributed by atoms with Gasteiger partial charge in [0.15, 0.2) is 0 Å². The first-order chi connectivity index (χ1) is 17.0. The number of hydrogen-bond acceptors (Lipinski definition) is 9. The smallest absolute Gasteiger partial charge is 0.322 e. The molecule has 0 aliphatic heterocycles. The molecule has 1 aromatic rings. The molecule has 0 bridgehead atoms. The summed E-state index contributed by atoms with van der Waals surface area (Å²) in [5, 5.41) is 36.8. The van der Waals surface area contributed by atoms with Gasteiger partial charge in [-0.2, -0.15) is 11.8 Å². The summed E-state index contributed by atoms with van der Waals surface area (Å²) in [6.45, 7) is -0.0599. The second kappa shape index (κ2) is 15.6. The van der Waals surface area contributed by atoms with Gasteiger partial charge in [0.2, 0.25) is 23.6 Å². The summed E-state index contributed by atoms with van der Waals surface area (Å²) in [6.07, 6.45) is 2.16. The third-order valence-electron chi connectivity index (χ3n) is 4.95. The van der Waals surface area contributed by atoms with Gasteiger partial charge in [-0.15, -0.1) is 0 Å². The quantitative estimate of drug-likeness (QED) is 0.122. The molecule has 0 heterocycles. The molecule has 0 saturated carbocycles. The SMILES string of the molecule is CSCC[C@H](NC(=O)[C@H](C)NC(=O)[C@@H](N)Cc1ccc(O)cc1)C(=O)N[C@@H](CO)C(=O)NCC(=O)O. The van der Waals surface area contributed by atoms with Crippen molar-refractivity contribution >= 4 is 41.4 Å². The largest absolute Gasteiger partial charge is 0.508 e. The number of thioether (sulfide) groups is 1. The summed E-state index contributed by atoms with van der Waals surface area (Å²) in [7, 11) is 0. The van der Waals surface area contributed by atoms with Crippen molar-refractivity contribution in [1.29, 1.82) is 0 Å². The van der Waals surface area contributed by atoms with E-state index in [-0.39, 0.29) is 18.6 Å². The van der Waals surface area contributed by atoms with Crippen LogP contribution in [-0.4, -0.2) is 94.2 Å². The number of nitrogens with one attached hydrogen (secondary N) is 4. The third kappa shape index (κ3) is 10.9. The van der Waals surface area contributed by atoms with Gasteiger partial charge in [-0.05, 0) is 49.5 Å². The molecule has 9 N–H and O–H groups in total. The monoisotopic (exact) mass is 527 g/mol. The molecule has 0 unspecified atom stereocenters. The van der Waals surface area contributed by atoms with Crippen molar-refractivity contribution in [2.24, 2.45) is 5.73 Å². The molecule has 0 fully saturated rings. The number of carbonyl (C=O) groups is 5. The Morgan fingerprint density at radius 2 is 1.56 bits per heavy atom. The average Bonchev–Trinajstić information content (AvgIpc) is 2.84. The van der Waals surface area contributed by atoms with E-state index < -0.39 is 66.9 Å². The van der Waals surface area contributed by atoms with Crippen LogP contribution >= 0.6 is 11.8 Å². The fraction of sp³-hybridized carbons (Fsp3) is 0.500. The molecule has 1 rings (SSSR count). The normalized spacial score (nSPS) is 14.0. The zero-order chi connectivity index (χ0) is 27.3. The standard InChI is InChI=1S/C22H33N5O8S/c1-12(25-20(33)15(23)9-13-3-5-14(29)6-4-13)19(32)26-16(7-8-36-2)22(35)27-17(11-28)21(34)24-10-18(30)31/h3-6,12,15-17,28-29H,7-11,23H2,1-2H3,(H,24,34)(H,25,33)(H,26,32)(H,27,35)(H,30,31)/t12-,15-,16-,17-/m0/s1. The molecule has 0 aromatic heterocycles. The van der Waals surface area contributed by atoms with E-state index in [1.165, 1.54) is 30.8 Å². The highest BCUT2D eigenvalue weighted by molar-refractivity contribution is 7.98. The lowest BCUT2D eigenvalue weighted by Gasteiger charge is -2.24. The number of rotatable bonds is 15. The number of aliphatic carboxylic acids is 1. The summed E-state index contributed by atoms with van der Waals surface area (Å²) in [6, 6.07) is 1.66. The van der Waals surface area contributed by atoms with Gasteiger partial charge in [0.05, 0.1) is 12.6 Å². The molecule has 0 aliphatic rings. The van der Waals surface area contributed by atoms with Crippen LogP contribution in [-0.2, 0) is 30.4 Å². The Labute approximate surface area is 212 Å². The molecule has 0 aliphatic carbocycles. The Balaban J connectivity index is 2.72. The van der Waals surface area contributed by atoms with Crippen molar-refractivity contribution < 1.29 is 39.3 Å². The fourth-order valence-electron chi connectivity index (χ4n) is 2.92. The molecule has 0 radical (unpaired) electrons. The van der Waals surface area contributed by atoms with E-state index >= 15 is 0 Å². The van der Waals surface area contributed by atoms with Gasteiger partial charge < -0.3 is 42.3 Å². The summed E-state index contributed by atoms with van der Waals surface area (Å²) in [5.41, 5.74) is 6.64. The van der Waals surface area contributed by atoms with Gasteiger partial charge >= 0.3 is 5.97 Å². The molecule has 14 heteroatoms. The van der Waals surface area contributed by atoms with Crippen LogP contribution in [0.5, 0.6) is 5.75 Å². The summed E-state index contributed by atoms with van der Waals surface area (Å²) in [4.78, 5) is 60.4. The minimum absolute atomic E-state index is 0.0772. The zero-order valence-corrected chi connectivity index (χ0v) is 20.8. The Bertz CT molecular complexity index is 914. The Morgan fingerprint density at radius 1 is 0.944 bits per heavy atom. The van der Waals surface area contributed by atoms with Gasteiger partial charge in [0.1, 0.15) is 30.4 Å². The maximum absolute atomic E-state index is 12.7. The van der Waals surface area contributed by atoms with Crippen molar-refractivity contribution in [2.45, 2.75) is 43.9 Å². The van der Waals surface area contributed by atoms with Crippen LogP contribution in [0.25, 0.3) is 0 Å². The average molecular weight is 528 g/mol. The number of carboxylic acids is 1. The number of phenols is 1. The summed E-state index contributed by atoms with van der Waals surface area (Å²) >= 11 is 1.41. The number of aliphatic hydroxyl groups excluding tert-OH is 1. The zero-order valence-electron chi connectivity index (χ0n) is 20.0. The van der Waals surface area contributed by atoms with Crippen molar-refractivity contribution in [1.82, 2.24) is 21.3 Å². The number of hydrogen-bond donors (Lipinski definition) is 8. The predicted octanol–water partition coefficient (Wildman–Crippen LogP) is -2.32. The van der Waals surface area contributed by atoms with E-state index in [4.69, 9.17) is 10.8 Å². The van der Waals surface area contributed by atoms with Crippen LogP contribution in [0.1, 0.15) is 18.9 Å². The number of carbonyl (C=O) groups excluding carboxylic acids is 4. The Morgan fingerprint density at radius 3 is 2.11 bits per heavy atom. The fourth-order valence-corrected chi connectivity index (χ4v) is 3.39. The molecule has 0 saturated heterocycles. The highest BCUT2D eigenvalue weighted by Crippen LogP contribution is 2.11. The topological polar surface area (TPSA) is 220 Å². The first kappa shape index (κ1) is 30.7. The predicted molar refractivity (Wildman–Crippen MR) is 132 cm³/mol. The number of benzene rings is 1. The van der Waals surface area contributed by atoms with Crippen molar-refractivity contribution in [3.63, 3.8) is 0 Å². The lowest BCUT2D eigenvalue weighted by Crippen LogP contribution is -2.58. The number of carboxylic acid groups (broad SMARTS) is 1. The second-order valence-electron chi connectivity index (χ2n) is 7.91. The van der Waals surface area contributed by atoms with E-state index in [1.54, 1.807) is 18.4 Å². The number of amides is 4. The molecule has 13 nitrogen and oxygen atoms in total. The molecule has 200 valence electrons. The van der Waals surface area contributed by atoms with Crippen molar-refractivity contribution in [2.75, 3.05) is 25.2 Å². The van der Waals surface area contributed by atoms with Gasteiger partial charge in [0.25, 0.3) is 0 Å². The molecule has 1 aromatic carbocycles. The number of phenolic OH excluding ortho intramolecular Hbond substituents is 1. The van der Waals surface area contributed by atoms with Gasteiger partial charge in [0, 0.05) is 0 Å². The van der Waals surface area contributed by atoms with Gasteiger partial charge in [-0.25, -0.2) is 0 Å². The van der Waals surface area contributed by atoms with E-state index in [0.717, 1.165) is 0 Å². The maximum atomic E-state index is 12.7. The van der Waals surface area contributed by atoms with E-state index in [2.05, 4.69) is 21.3 Å². The highest BCUT2D eigenvalue weighted by atomic mass is 32.2. The number of aliphatic hydroxyl groups is 1. The van der Waals surface area contributed by atoms with Crippen molar-refractivity contribution in [3.8, 4) is 5.75 Å². The molecule has 4 atom stereocenters. The minimum Gasteiger partial charge on any atom is -0.508 e. The van der Waals surface area contributed by atoms with Crippen LogP contribution in [0.3, 0.4) is 0 Å². The van der Waals surface area contributed by atoms with Gasteiger partial charge in [-0.3, -0.25) is 24.0 Å². The number of nitrogens with two attached hydrogens (primary N) is 1. The molecular weight excluding hydrogens is 494 g/mol. The minimum atomic E-state index is -1.42. The molecule has 36 heavy (non-hydrogen) atoms. The maximum Gasteiger partial charge on any atom is 0.322 e. The van der Waals surface area contributed by atoms with Crippen LogP contribution in [0.2, 0.25) is 0 Å². The van der Waals surface area contributed by atoms with Crippen LogP contribution in [0, 0.1) is 0 Å². The molecular formula is C22H33N5O8S. The molecule has 0 spiro atoms. The first-order valence-corrected chi connectivity index (χ1v) is 12.4. The summed E-state index contributed by atoms with van der Waals surface area (Å²) < 4.78 is 0. The Hall–Kier alpha value is -3.36. The second-order valence-corrected chi connectivity index (χ2v) is 8.89. The van der Waals surface area contributed by atoms with Crippen LogP contribution in [0.4, 0.5) is 0 Å². The van der Waals surface area contributed by atoms with Crippen molar-refractivity contribution in [3.05, 3.63) is 29.8 Å². The van der Waals surface area contributed by atoms with E-state index in [0.29, 0.717) is 11.3 Å². The summed E-state index contributed by atoms with van der Waals surface area (Å²) in [5.74, 6) is -3.66. The van der Waals surface area contributed by atoms with Crippen LogP contribution in [0.15, 0.2) is 24.3 Å². The molecule has 4 amide bonds. The van der Waals surface area contributed by atoms with Gasteiger partial charge in [-0.1, -0.05) is 12.1 Å². The lowest BCUT2D eigenvalue weighted by molar-refractivity contribution is -0.139. The number of aromatic hydroxyl groups is 1. The highest BCUT2D eigenvalue weighted by Gasteiger charge is 2.28. The van der Waals surface area contributed by atoms with E-state index in [9.17, 15) is 34.2 Å². The first-order valence-electron chi connectivity index (χ1n) is 11.0. The van der Waals surface area contributed by atoms with Crippen LogP contribution < -0.4 is 27.0 Å². The lowest BCUT2D eigenvalue weighted by atomic mass is 10.1.